The maximum absolute atomic E-state index is 11.7. The number of anilines is 1. The summed E-state index contributed by atoms with van der Waals surface area (Å²) in [5.74, 6) is -0.0541. The molecule has 2 aromatic rings. The van der Waals surface area contributed by atoms with Gasteiger partial charge in [0, 0.05) is 11.0 Å². The smallest absolute Gasteiger partial charge is 0.265 e. The van der Waals surface area contributed by atoms with E-state index in [-0.39, 0.29) is 5.91 Å². The van der Waals surface area contributed by atoms with Gasteiger partial charge in [0.1, 0.15) is 0 Å². The largest absolute Gasteiger partial charge is 0.321 e. The van der Waals surface area contributed by atoms with Crippen LogP contribution < -0.4 is 5.32 Å². The Labute approximate surface area is 106 Å². The fourth-order valence-corrected chi connectivity index (χ4v) is 2.27. The number of carbonyl (C=O) groups excluding carboxylic acids is 1. The molecule has 1 N–H and O–H groups in total. The van der Waals surface area contributed by atoms with Crippen molar-refractivity contribution in [2.75, 3.05) is 5.32 Å². The molecule has 0 spiro atoms. The number of amides is 1. The van der Waals surface area contributed by atoms with E-state index >= 15 is 0 Å². The van der Waals surface area contributed by atoms with Crippen molar-refractivity contribution in [3.63, 3.8) is 0 Å². The van der Waals surface area contributed by atoms with Gasteiger partial charge in [0.2, 0.25) is 0 Å². The fourth-order valence-electron chi connectivity index (χ4n) is 1.28. The predicted molar refractivity (Wildman–Crippen MR) is 71.3 cm³/mol. The van der Waals surface area contributed by atoms with Crippen LogP contribution in [0.3, 0.4) is 0 Å². The second-order valence-electron chi connectivity index (χ2n) is 3.26. The lowest BCUT2D eigenvalue weighted by molar-refractivity contribution is 0.103. The monoisotopic (exact) mass is 295 g/mol. The molecule has 0 aliphatic heterocycles. The molecule has 0 fully saturated rings. The Morgan fingerprint density at radius 3 is 2.56 bits per heavy atom. The van der Waals surface area contributed by atoms with E-state index in [4.69, 9.17) is 0 Å². The number of halogens is 1. The first-order valence-electron chi connectivity index (χ1n) is 4.79. The lowest BCUT2D eigenvalue weighted by Crippen LogP contribution is -2.09. The summed E-state index contributed by atoms with van der Waals surface area (Å²) >= 11 is 4.82. The van der Waals surface area contributed by atoms with Crippen LogP contribution in [-0.4, -0.2) is 5.91 Å². The van der Waals surface area contributed by atoms with Gasteiger partial charge >= 0.3 is 0 Å². The summed E-state index contributed by atoms with van der Waals surface area (Å²) in [5, 5.41) is 5.57. The van der Waals surface area contributed by atoms with Gasteiger partial charge in [-0.05, 0) is 29.1 Å². The molecule has 0 saturated heterocycles. The summed E-state index contributed by atoms with van der Waals surface area (Å²) in [6.45, 7) is 0. The van der Waals surface area contributed by atoms with Crippen molar-refractivity contribution in [1.82, 2.24) is 0 Å². The van der Waals surface area contributed by atoms with Crippen molar-refractivity contribution in [2.45, 2.75) is 5.33 Å². The van der Waals surface area contributed by atoms with Crippen molar-refractivity contribution in [2.24, 2.45) is 0 Å². The summed E-state index contributed by atoms with van der Waals surface area (Å²) in [6, 6.07) is 11.5. The van der Waals surface area contributed by atoms with E-state index in [1.807, 2.05) is 41.8 Å². The highest BCUT2D eigenvalue weighted by Gasteiger charge is 2.06. The number of rotatable bonds is 3. The van der Waals surface area contributed by atoms with Gasteiger partial charge in [-0.25, -0.2) is 0 Å². The Balaban J connectivity index is 2.06. The van der Waals surface area contributed by atoms with Crippen molar-refractivity contribution in [1.29, 1.82) is 0 Å². The molecule has 1 aromatic carbocycles. The standard InChI is InChI=1S/C12H10BrNOS/c13-8-9-3-5-10(6-4-9)14-12(15)11-2-1-7-16-11/h1-7H,8H2,(H,14,15). The number of alkyl halides is 1. The Kier molecular flexibility index (Phi) is 3.74. The molecule has 1 aromatic heterocycles. The third-order valence-corrected chi connectivity index (χ3v) is 3.63. The molecule has 82 valence electrons. The van der Waals surface area contributed by atoms with E-state index in [2.05, 4.69) is 21.2 Å². The number of carbonyl (C=O) groups is 1. The average Bonchev–Trinajstić information content (AvgIpc) is 2.83. The van der Waals surface area contributed by atoms with Gasteiger partial charge in [-0.15, -0.1) is 11.3 Å². The number of thiophene rings is 1. The molecule has 0 bridgehead atoms. The second-order valence-corrected chi connectivity index (χ2v) is 4.77. The van der Waals surface area contributed by atoms with Crippen LogP contribution in [0.1, 0.15) is 15.2 Å². The number of hydrogen-bond donors (Lipinski definition) is 1. The van der Waals surface area contributed by atoms with Gasteiger partial charge in [-0.2, -0.15) is 0 Å². The normalized spacial score (nSPS) is 10.1. The zero-order valence-electron chi connectivity index (χ0n) is 8.44. The highest BCUT2D eigenvalue weighted by atomic mass is 79.9. The molecule has 4 heteroatoms. The first-order valence-corrected chi connectivity index (χ1v) is 6.79. The van der Waals surface area contributed by atoms with Crippen LogP contribution in [0.2, 0.25) is 0 Å². The molecule has 0 radical (unpaired) electrons. The van der Waals surface area contributed by atoms with Gasteiger partial charge in [-0.3, -0.25) is 4.79 Å². The molecule has 16 heavy (non-hydrogen) atoms. The molecule has 0 unspecified atom stereocenters. The molecule has 1 heterocycles. The van der Waals surface area contributed by atoms with Gasteiger partial charge in [0.25, 0.3) is 5.91 Å². The maximum atomic E-state index is 11.7. The van der Waals surface area contributed by atoms with Crippen LogP contribution in [0.5, 0.6) is 0 Å². The first kappa shape index (κ1) is 11.4. The van der Waals surface area contributed by atoms with E-state index in [1.165, 1.54) is 16.9 Å². The predicted octanol–water partition coefficient (Wildman–Crippen LogP) is 3.90. The van der Waals surface area contributed by atoms with Gasteiger partial charge in [0.15, 0.2) is 0 Å². The summed E-state index contributed by atoms with van der Waals surface area (Å²) < 4.78 is 0. The van der Waals surface area contributed by atoms with E-state index in [0.29, 0.717) is 0 Å². The number of nitrogens with one attached hydrogen (secondary N) is 1. The van der Waals surface area contributed by atoms with Crippen LogP contribution in [0.15, 0.2) is 41.8 Å². The summed E-state index contributed by atoms with van der Waals surface area (Å²) in [4.78, 5) is 12.4. The van der Waals surface area contributed by atoms with E-state index < -0.39 is 0 Å². The number of benzene rings is 1. The highest BCUT2D eigenvalue weighted by Crippen LogP contribution is 2.15. The average molecular weight is 296 g/mol. The van der Waals surface area contributed by atoms with Gasteiger partial charge < -0.3 is 5.32 Å². The highest BCUT2D eigenvalue weighted by molar-refractivity contribution is 9.08. The van der Waals surface area contributed by atoms with Crippen molar-refractivity contribution < 1.29 is 4.79 Å². The molecule has 0 aliphatic rings. The minimum atomic E-state index is -0.0541. The Hall–Kier alpha value is -1.13. The van der Waals surface area contributed by atoms with Crippen molar-refractivity contribution in [3.8, 4) is 0 Å². The summed E-state index contributed by atoms with van der Waals surface area (Å²) in [5.41, 5.74) is 2.01. The Morgan fingerprint density at radius 2 is 2.00 bits per heavy atom. The Bertz CT molecular complexity index is 464. The van der Waals surface area contributed by atoms with E-state index in [9.17, 15) is 4.79 Å². The molecule has 2 rings (SSSR count). The van der Waals surface area contributed by atoms with Gasteiger partial charge in [-0.1, -0.05) is 34.1 Å². The summed E-state index contributed by atoms with van der Waals surface area (Å²) in [6.07, 6.45) is 0. The minimum absolute atomic E-state index is 0.0541. The first-order chi connectivity index (χ1) is 7.79. The van der Waals surface area contributed by atoms with Crippen LogP contribution in [0.4, 0.5) is 5.69 Å². The minimum Gasteiger partial charge on any atom is -0.321 e. The molecule has 1 amide bonds. The third-order valence-electron chi connectivity index (χ3n) is 2.11. The molecule has 2 nitrogen and oxygen atoms in total. The van der Waals surface area contributed by atoms with Gasteiger partial charge in [0.05, 0.1) is 4.88 Å². The fraction of sp³-hybridized carbons (Fsp3) is 0.0833. The molecular formula is C12H10BrNOS. The van der Waals surface area contributed by atoms with E-state index in [1.54, 1.807) is 0 Å². The van der Waals surface area contributed by atoms with Crippen LogP contribution in [0.25, 0.3) is 0 Å². The second kappa shape index (κ2) is 5.27. The zero-order chi connectivity index (χ0) is 11.4. The maximum Gasteiger partial charge on any atom is 0.265 e. The van der Waals surface area contributed by atoms with Crippen LogP contribution in [0, 0.1) is 0 Å². The third kappa shape index (κ3) is 2.71. The molecule has 0 saturated carbocycles. The zero-order valence-corrected chi connectivity index (χ0v) is 10.8. The molecule has 0 atom stereocenters. The SMILES string of the molecule is O=C(Nc1ccc(CBr)cc1)c1cccs1. The van der Waals surface area contributed by atoms with Crippen LogP contribution in [-0.2, 0) is 5.33 Å². The molecule has 0 aliphatic carbocycles. The topological polar surface area (TPSA) is 29.1 Å². The van der Waals surface area contributed by atoms with Crippen molar-refractivity contribution >= 4 is 38.9 Å². The summed E-state index contributed by atoms with van der Waals surface area (Å²) in [7, 11) is 0. The van der Waals surface area contributed by atoms with Crippen molar-refractivity contribution in [3.05, 3.63) is 52.2 Å². The lowest BCUT2D eigenvalue weighted by atomic mass is 10.2. The Morgan fingerprint density at radius 1 is 1.25 bits per heavy atom. The quantitative estimate of drug-likeness (QED) is 0.855. The van der Waals surface area contributed by atoms with E-state index in [0.717, 1.165) is 15.9 Å². The van der Waals surface area contributed by atoms with Crippen LogP contribution >= 0.6 is 27.3 Å². The lowest BCUT2D eigenvalue weighted by Gasteiger charge is -2.03. The molecular weight excluding hydrogens is 286 g/mol. The number of hydrogen-bond acceptors (Lipinski definition) is 2.